The van der Waals surface area contributed by atoms with Crippen molar-refractivity contribution in [2.24, 2.45) is 0 Å². The Hall–Kier alpha value is -3.54. The maximum Gasteiger partial charge on any atom is 0.267 e. The molecule has 30 heavy (non-hydrogen) atoms. The summed E-state index contributed by atoms with van der Waals surface area (Å²) < 4.78 is 27.7. The third-order valence-corrected chi connectivity index (χ3v) is 6.20. The number of pyridine rings is 1. The second kappa shape index (κ2) is 8.86. The fourth-order valence-electron chi connectivity index (χ4n) is 2.97. The SMILES string of the molecule is O=C(C=Cc1cnc2c(c1)CCN2S(=O)(=O)c1ccccc1C=CC(=O)NO)NO. The lowest BCUT2D eigenvalue weighted by Gasteiger charge is -2.20. The van der Waals surface area contributed by atoms with E-state index in [9.17, 15) is 18.0 Å². The van der Waals surface area contributed by atoms with Crippen LogP contribution in [0.4, 0.5) is 5.82 Å². The second-order valence-corrected chi connectivity index (χ2v) is 8.07. The Kier molecular flexibility index (Phi) is 6.26. The molecule has 0 unspecified atom stereocenters. The average molecular weight is 430 g/mol. The molecule has 0 fully saturated rings. The molecular weight excluding hydrogens is 412 g/mol. The van der Waals surface area contributed by atoms with Crippen molar-refractivity contribution in [3.8, 4) is 0 Å². The van der Waals surface area contributed by atoms with E-state index in [1.807, 2.05) is 0 Å². The van der Waals surface area contributed by atoms with Crippen LogP contribution in [0.2, 0.25) is 0 Å². The molecule has 2 heterocycles. The first-order valence-electron chi connectivity index (χ1n) is 8.72. The van der Waals surface area contributed by atoms with Gasteiger partial charge in [-0.2, -0.15) is 0 Å². The molecule has 0 saturated heterocycles. The largest absolute Gasteiger partial charge is 0.288 e. The molecule has 0 spiro atoms. The minimum atomic E-state index is -3.97. The van der Waals surface area contributed by atoms with Crippen molar-refractivity contribution >= 4 is 39.8 Å². The van der Waals surface area contributed by atoms with Gasteiger partial charge in [0.05, 0.1) is 4.90 Å². The van der Waals surface area contributed by atoms with Crippen LogP contribution in [0, 0.1) is 0 Å². The number of carbonyl (C=O) groups is 2. The lowest BCUT2D eigenvalue weighted by Crippen LogP contribution is -2.30. The Bertz CT molecular complexity index is 1140. The van der Waals surface area contributed by atoms with E-state index in [-0.39, 0.29) is 22.8 Å². The number of rotatable bonds is 6. The highest BCUT2D eigenvalue weighted by Crippen LogP contribution is 2.33. The van der Waals surface area contributed by atoms with E-state index in [4.69, 9.17) is 10.4 Å². The van der Waals surface area contributed by atoms with Crippen LogP contribution in [0.1, 0.15) is 16.7 Å². The molecule has 1 aliphatic heterocycles. The van der Waals surface area contributed by atoms with Crippen LogP contribution in [-0.4, -0.2) is 42.2 Å². The molecule has 10 nitrogen and oxygen atoms in total. The third kappa shape index (κ3) is 4.38. The third-order valence-electron chi connectivity index (χ3n) is 4.33. The maximum atomic E-state index is 13.3. The lowest BCUT2D eigenvalue weighted by molar-refractivity contribution is -0.124. The molecule has 11 heteroatoms. The van der Waals surface area contributed by atoms with Crippen molar-refractivity contribution in [2.45, 2.75) is 11.3 Å². The van der Waals surface area contributed by atoms with Crippen molar-refractivity contribution in [1.29, 1.82) is 0 Å². The minimum absolute atomic E-state index is 0.00905. The Morgan fingerprint density at radius 2 is 1.73 bits per heavy atom. The van der Waals surface area contributed by atoms with E-state index in [2.05, 4.69) is 4.98 Å². The molecule has 2 amide bonds. The molecule has 0 saturated carbocycles. The fourth-order valence-corrected chi connectivity index (χ4v) is 4.61. The summed E-state index contributed by atoms with van der Waals surface area (Å²) in [6.07, 6.45) is 6.74. The number of amides is 2. The van der Waals surface area contributed by atoms with Crippen molar-refractivity contribution in [2.75, 3.05) is 10.8 Å². The Morgan fingerprint density at radius 1 is 1.07 bits per heavy atom. The summed E-state index contributed by atoms with van der Waals surface area (Å²) in [6, 6.07) is 7.89. The van der Waals surface area contributed by atoms with E-state index in [0.29, 0.717) is 17.5 Å². The highest BCUT2D eigenvalue weighted by molar-refractivity contribution is 7.93. The number of nitrogens with zero attached hydrogens (tertiary/aromatic N) is 2. The summed E-state index contributed by atoms with van der Waals surface area (Å²) in [5, 5.41) is 17.1. The summed E-state index contributed by atoms with van der Waals surface area (Å²) in [7, 11) is -3.97. The molecule has 0 radical (unpaired) electrons. The summed E-state index contributed by atoms with van der Waals surface area (Å²) in [5.74, 6) is -1.20. The van der Waals surface area contributed by atoms with E-state index in [1.54, 1.807) is 24.3 Å². The minimum Gasteiger partial charge on any atom is -0.288 e. The number of fused-ring (bicyclic) bond motifs is 1. The van der Waals surface area contributed by atoms with Crippen molar-refractivity contribution in [1.82, 2.24) is 15.9 Å². The van der Waals surface area contributed by atoms with Gasteiger partial charge in [0, 0.05) is 24.9 Å². The monoisotopic (exact) mass is 430 g/mol. The zero-order valence-electron chi connectivity index (χ0n) is 15.5. The molecule has 1 aromatic carbocycles. The van der Waals surface area contributed by atoms with Gasteiger partial charge in [-0.1, -0.05) is 18.2 Å². The Morgan fingerprint density at radius 3 is 2.43 bits per heavy atom. The molecule has 0 atom stereocenters. The van der Waals surface area contributed by atoms with Gasteiger partial charge in [0.2, 0.25) is 0 Å². The molecular formula is C19H18N4O6S. The first-order valence-corrected chi connectivity index (χ1v) is 10.2. The molecule has 1 aromatic heterocycles. The molecule has 2 aromatic rings. The van der Waals surface area contributed by atoms with Crippen LogP contribution >= 0.6 is 0 Å². The van der Waals surface area contributed by atoms with E-state index >= 15 is 0 Å². The Labute approximate surface area is 172 Å². The van der Waals surface area contributed by atoms with Gasteiger partial charge in [0.25, 0.3) is 21.8 Å². The van der Waals surface area contributed by atoms with Crippen LogP contribution in [0.5, 0.6) is 0 Å². The summed E-state index contributed by atoms with van der Waals surface area (Å²) >= 11 is 0. The summed E-state index contributed by atoms with van der Waals surface area (Å²) in [5.41, 5.74) is 4.48. The van der Waals surface area contributed by atoms with E-state index < -0.39 is 21.8 Å². The zero-order chi connectivity index (χ0) is 21.7. The summed E-state index contributed by atoms with van der Waals surface area (Å²) in [4.78, 5) is 26.6. The molecule has 0 bridgehead atoms. The number of anilines is 1. The topological polar surface area (TPSA) is 149 Å². The number of nitrogens with one attached hydrogen (secondary N) is 2. The maximum absolute atomic E-state index is 13.3. The van der Waals surface area contributed by atoms with Crippen molar-refractivity contribution in [3.63, 3.8) is 0 Å². The van der Waals surface area contributed by atoms with Gasteiger partial charge >= 0.3 is 0 Å². The van der Waals surface area contributed by atoms with Crippen LogP contribution in [0.3, 0.4) is 0 Å². The number of hydrogen-bond donors (Lipinski definition) is 4. The number of aromatic nitrogens is 1. The van der Waals surface area contributed by atoms with Gasteiger partial charge in [0.15, 0.2) is 0 Å². The van der Waals surface area contributed by atoms with Gasteiger partial charge in [0.1, 0.15) is 5.82 Å². The second-order valence-electron chi connectivity index (χ2n) is 6.24. The van der Waals surface area contributed by atoms with Gasteiger partial charge in [-0.05, 0) is 47.4 Å². The first kappa shape index (κ1) is 21.2. The number of hydroxylamine groups is 2. The quantitative estimate of drug-likeness (QED) is 0.302. The first-order chi connectivity index (χ1) is 14.4. The van der Waals surface area contributed by atoms with Crippen LogP contribution in [-0.2, 0) is 26.0 Å². The standard InChI is InChI=1S/C19H18N4O6S/c24-17(21-26)7-5-13-11-15-9-10-23(19(15)20-12-13)30(28,29)16-4-2-1-3-14(16)6-8-18(25)22-27/h1-8,11-12,26-27H,9-10H2,(H,21,24)(H,22,25). The number of hydrogen-bond acceptors (Lipinski definition) is 7. The molecule has 1 aliphatic rings. The lowest BCUT2D eigenvalue weighted by atomic mass is 10.1. The predicted molar refractivity (Wildman–Crippen MR) is 107 cm³/mol. The van der Waals surface area contributed by atoms with Crippen molar-refractivity contribution < 1.29 is 28.4 Å². The zero-order valence-corrected chi connectivity index (χ0v) is 16.3. The van der Waals surface area contributed by atoms with Crippen LogP contribution in [0.15, 0.2) is 53.6 Å². The van der Waals surface area contributed by atoms with Gasteiger partial charge in [-0.3, -0.25) is 20.0 Å². The number of carbonyl (C=O) groups excluding carboxylic acids is 2. The van der Waals surface area contributed by atoms with E-state index in [0.717, 1.165) is 12.2 Å². The van der Waals surface area contributed by atoms with Crippen molar-refractivity contribution in [3.05, 3.63) is 65.4 Å². The number of sulfonamides is 1. The molecule has 3 rings (SSSR count). The fraction of sp³-hybridized carbons (Fsp3) is 0.105. The van der Waals surface area contributed by atoms with Gasteiger partial charge in [-0.15, -0.1) is 0 Å². The average Bonchev–Trinajstić information content (AvgIpc) is 3.20. The normalized spacial score (nSPS) is 13.6. The van der Waals surface area contributed by atoms with Gasteiger partial charge in [-0.25, -0.2) is 28.7 Å². The highest BCUT2D eigenvalue weighted by Gasteiger charge is 2.33. The Balaban J connectivity index is 1.94. The molecule has 0 aliphatic carbocycles. The predicted octanol–water partition coefficient (Wildman–Crippen LogP) is 0.870. The molecule has 4 N–H and O–H groups in total. The highest BCUT2D eigenvalue weighted by atomic mass is 32.2. The van der Waals surface area contributed by atoms with Crippen LogP contribution in [0.25, 0.3) is 12.2 Å². The van der Waals surface area contributed by atoms with Gasteiger partial charge < -0.3 is 0 Å². The number of benzene rings is 1. The van der Waals surface area contributed by atoms with E-state index in [1.165, 1.54) is 39.7 Å². The molecule has 156 valence electrons. The smallest absolute Gasteiger partial charge is 0.267 e. The summed E-state index contributed by atoms with van der Waals surface area (Å²) in [6.45, 7) is 0.185. The van der Waals surface area contributed by atoms with Crippen LogP contribution < -0.4 is 15.3 Å².